The molecule has 0 aliphatic rings. The normalized spacial score (nSPS) is 11.6. The number of amides is 1. The van der Waals surface area contributed by atoms with Crippen LogP contribution < -0.4 is 10.0 Å². The van der Waals surface area contributed by atoms with Crippen molar-refractivity contribution in [2.24, 2.45) is 0 Å². The lowest BCUT2D eigenvalue weighted by Gasteiger charge is -2.13. The van der Waals surface area contributed by atoms with Crippen LogP contribution in [0, 0.1) is 20.8 Å². The number of aryl methyl sites for hydroxylation is 3. The minimum atomic E-state index is -3.56. The van der Waals surface area contributed by atoms with Crippen molar-refractivity contribution in [2.45, 2.75) is 45.6 Å². The second kappa shape index (κ2) is 7.37. The minimum Gasteiger partial charge on any atom is -0.322 e. The summed E-state index contributed by atoms with van der Waals surface area (Å²) in [7, 11) is -3.56. The Labute approximate surface area is 149 Å². The van der Waals surface area contributed by atoms with Crippen LogP contribution in [0.15, 0.2) is 41.3 Å². The maximum absolute atomic E-state index is 12.5. The lowest BCUT2D eigenvalue weighted by molar-refractivity contribution is 0.102. The van der Waals surface area contributed by atoms with Crippen LogP contribution in [0.5, 0.6) is 0 Å². The average molecular weight is 360 g/mol. The summed E-state index contributed by atoms with van der Waals surface area (Å²) in [5.41, 5.74) is 4.31. The van der Waals surface area contributed by atoms with Crippen LogP contribution in [0.3, 0.4) is 0 Å². The monoisotopic (exact) mass is 360 g/mol. The van der Waals surface area contributed by atoms with Gasteiger partial charge in [0.25, 0.3) is 5.91 Å². The molecule has 0 atom stereocenters. The Bertz CT molecular complexity index is 862. The Morgan fingerprint density at radius 2 is 1.48 bits per heavy atom. The Kier molecular flexibility index (Phi) is 5.65. The van der Waals surface area contributed by atoms with Crippen LogP contribution in [-0.4, -0.2) is 20.4 Å². The van der Waals surface area contributed by atoms with Gasteiger partial charge in [0.1, 0.15) is 0 Å². The predicted octanol–water partition coefficient (Wildman–Crippen LogP) is 3.55. The highest BCUT2D eigenvalue weighted by molar-refractivity contribution is 7.89. The second-order valence-electron chi connectivity index (χ2n) is 6.53. The van der Waals surface area contributed by atoms with E-state index >= 15 is 0 Å². The van der Waals surface area contributed by atoms with Gasteiger partial charge in [-0.15, -0.1) is 0 Å². The number of hydrogen-bond donors (Lipinski definition) is 2. The van der Waals surface area contributed by atoms with Gasteiger partial charge in [-0.1, -0.05) is 17.7 Å². The van der Waals surface area contributed by atoms with Gasteiger partial charge in [-0.2, -0.15) is 0 Å². The zero-order valence-corrected chi connectivity index (χ0v) is 16.0. The lowest BCUT2D eigenvalue weighted by Crippen LogP contribution is -2.30. The van der Waals surface area contributed by atoms with Crippen molar-refractivity contribution in [2.75, 3.05) is 5.32 Å². The molecule has 25 heavy (non-hydrogen) atoms. The van der Waals surface area contributed by atoms with E-state index in [2.05, 4.69) is 10.0 Å². The fraction of sp³-hybridized carbons (Fsp3) is 0.316. The molecule has 134 valence electrons. The molecule has 0 aliphatic carbocycles. The summed E-state index contributed by atoms with van der Waals surface area (Å²) >= 11 is 0. The van der Waals surface area contributed by atoms with Crippen molar-refractivity contribution in [3.63, 3.8) is 0 Å². The number of hydrogen-bond acceptors (Lipinski definition) is 3. The van der Waals surface area contributed by atoms with E-state index in [0.717, 1.165) is 22.4 Å². The summed E-state index contributed by atoms with van der Waals surface area (Å²) in [6.07, 6.45) is 0. The van der Waals surface area contributed by atoms with Gasteiger partial charge < -0.3 is 5.32 Å². The van der Waals surface area contributed by atoms with Gasteiger partial charge in [0.15, 0.2) is 0 Å². The fourth-order valence-corrected chi connectivity index (χ4v) is 3.98. The minimum absolute atomic E-state index is 0.139. The molecule has 2 N–H and O–H groups in total. The molecule has 0 radical (unpaired) electrons. The van der Waals surface area contributed by atoms with Gasteiger partial charge in [-0.05, 0) is 70.0 Å². The Balaban J connectivity index is 2.22. The molecule has 0 aliphatic heterocycles. The highest BCUT2D eigenvalue weighted by atomic mass is 32.2. The summed E-state index contributed by atoms with van der Waals surface area (Å²) < 4.78 is 26.8. The van der Waals surface area contributed by atoms with Crippen LogP contribution in [0.4, 0.5) is 5.69 Å². The van der Waals surface area contributed by atoms with E-state index in [0.29, 0.717) is 5.56 Å². The molecule has 0 saturated heterocycles. The first-order valence-corrected chi connectivity index (χ1v) is 9.60. The molecule has 0 aromatic heterocycles. The second-order valence-corrected chi connectivity index (χ2v) is 8.24. The third-order valence-electron chi connectivity index (χ3n) is 3.73. The Morgan fingerprint density at radius 3 is 1.96 bits per heavy atom. The van der Waals surface area contributed by atoms with Crippen molar-refractivity contribution in [1.82, 2.24) is 4.72 Å². The molecule has 6 heteroatoms. The third kappa shape index (κ3) is 4.67. The molecule has 1 amide bonds. The van der Waals surface area contributed by atoms with Crippen LogP contribution in [-0.2, 0) is 10.0 Å². The molecule has 0 spiro atoms. The molecule has 0 heterocycles. The topological polar surface area (TPSA) is 75.3 Å². The van der Waals surface area contributed by atoms with Crippen LogP contribution in [0.2, 0.25) is 0 Å². The van der Waals surface area contributed by atoms with Gasteiger partial charge in [0.05, 0.1) is 4.90 Å². The van der Waals surface area contributed by atoms with E-state index in [4.69, 9.17) is 0 Å². The van der Waals surface area contributed by atoms with Gasteiger partial charge in [0.2, 0.25) is 10.0 Å². The number of carbonyl (C=O) groups is 1. The Morgan fingerprint density at radius 1 is 0.960 bits per heavy atom. The first-order chi connectivity index (χ1) is 11.6. The number of anilines is 1. The number of rotatable bonds is 5. The maximum atomic E-state index is 12.5. The molecule has 5 nitrogen and oxygen atoms in total. The zero-order chi connectivity index (χ0) is 18.8. The highest BCUT2D eigenvalue weighted by Crippen LogP contribution is 2.23. The summed E-state index contributed by atoms with van der Waals surface area (Å²) in [4.78, 5) is 12.6. The smallest absolute Gasteiger partial charge is 0.255 e. The number of sulfonamides is 1. The van der Waals surface area contributed by atoms with E-state index in [1.165, 1.54) is 24.3 Å². The van der Waals surface area contributed by atoms with E-state index in [1.54, 1.807) is 13.8 Å². The first-order valence-electron chi connectivity index (χ1n) is 8.12. The third-order valence-corrected chi connectivity index (χ3v) is 5.41. The quantitative estimate of drug-likeness (QED) is 0.856. The van der Waals surface area contributed by atoms with Gasteiger partial charge >= 0.3 is 0 Å². The number of benzene rings is 2. The molecule has 2 rings (SSSR count). The van der Waals surface area contributed by atoms with Crippen molar-refractivity contribution < 1.29 is 13.2 Å². The zero-order valence-electron chi connectivity index (χ0n) is 15.2. The van der Waals surface area contributed by atoms with Crippen LogP contribution >= 0.6 is 0 Å². The largest absolute Gasteiger partial charge is 0.322 e. The summed E-state index contributed by atoms with van der Waals surface area (Å²) in [5, 5.41) is 2.91. The average Bonchev–Trinajstić information content (AvgIpc) is 2.49. The van der Waals surface area contributed by atoms with E-state index in [-0.39, 0.29) is 16.8 Å². The van der Waals surface area contributed by atoms with Crippen molar-refractivity contribution >= 4 is 21.6 Å². The summed E-state index contributed by atoms with van der Waals surface area (Å²) in [5.74, 6) is -0.268. The maximum Gasteiger partial charge on any atom is 0.255 e. The van der Waals surface area contributed by atoms with Crippen LogP contribution in [0.1, 0.15) is 40.9 Å². The summed E-state index contributed by atoms with van der Waals surface area (Å²) in [6, 6.07) is 9.74. The molecule has 0 fully saturated rings. The van der Waals surface area contributed by atoms with Crippen molar-refractivity contribution in [3.8, 4) is 0 Å². The number of nitrogens with one attached hydrogen (secondary N) is 2. The van der Waals surface area contributed by atoms with Crippen LogP contribution in [0.25, 0.3) is 0 Å². The molecular formula is C19H24N2O3S. The SMILES string of the molecule is Cc1cc(C)c(NC(=O)c2ccc(S(=O)(=O)NC(C)C)cc2)c(C)c1. The molecular weight excluding hydrogens is 336 g/mol. The highest BCUT2D eigenvalue weighted by Gasteiger charge is 2.16. The molecule has 2 aromatic rings. The fourth-order valence-electron chi connectivity index (χ4n) is 2.73. The predicted molar refractivity (Wildman–Crippen MR) is 101 cm³/mol. The van der Waals surface area contributed by atoms with E-state index < -0.39 is 10.0 Å². The van der Waals surface area contributed by atoms with Crippen molar-refractivity contribution in [1.29, 1.82) is 0 Å². The van der Waals surface area contributed by atoms with E-state index in [1.807, 2.05) is 32.9 Å². The first kappa shape index (κ1) is 19.1. The van der Waals surface area contributed by atoms with Gasteiger partial charge in [0, 0.05) is 17.3 Å². The number of carbonyl (C=O) groups excluding carboxylic acids is 1. The summed E-state index contributed by atoms with van der Waals surface area (Å²) in [6.45, 7) is 9.42. The molecule has 0 bridgehead atoms. The van der Waals surface area contributed by atoms with E-state index in [9.17, 15) is 13.2 Å². The Hall–Kier alpha value is -2.18. The van der Waals surface area contributed by atoms with Crippen molar-refractivity contribution in [3.05, 3.63) is 58.7 Å². The molecule has 2 aromatic carbocycles. The van der Waals surface area contributed by atoms with Gasteiger partial charge in [-0.3, -0.25) is 4.79 Å². The van der Waals surface area contributed by atoms with Gasteiger partial charge in [-0.25, -0.2) is 13.1 Å². The molecule has 0 saturated carbocycles. The molecule has 0 unspecified atom stereocenters. The standard InChI is InChI=1S/C19H24N2O3S/c1-12(2)21-25(23,24)17-8-6-16(7-9-17)19(22)20-18-14(4)10-13(3)11-15(18)5/h6-12,21H,1-5H3,(H,20,22). The lowest BCUT2D eigenvalue weighted by atomic mass is 10.0.